The molecule has 1 heterocycles. The third-order valence-corrected chi connectivity index (χ3v) is 2.87. The van der Waals surface area contributed by atoms with Gasteiger partial charge >= 0.3 is 12.1 Å². The number of likely N-dealkylation sites (N-methyl/N-ethyl adjacent to an activating group) is 1. The first-order valence-corrected chi connectivity index (χ1v) is 8.08. The molecule has 2 amide bonds. The van der Waals surface area contributed by atoms with Gasteiger partial charge in [0.2, 0.25) is 11.9 Å². The Balaban J connectivity index is 3.20. The van der Waals surface area contributed by atoms with E-state index in [1.54, 1.807) is 20.8 Å². The van der Waals surface area contributed by atoms with Crippen LogP contribution in [0.4, 0.5) is 4.79 Å². The SMILES string of the molecule is [2H]C([2H])([2H])N1CC(=O)OCC/C=C/CCCC(=O)N/C1=N/C(=O)OC(C)(C)C. The molecule has 0 aromatic heterocycles. The van der Waals surface area contributed by atoms with Crippen LogP contribution in [0.2, 0.25) is 0 Å². The van der Waals surface area contributed by atoms with Gasteiger partial charge in [-0.25, -0.2) is 4.79 Å². The molecule has 0 saturated carbocycles. The highest BCUT2D eigenvalue weighted by Crippen LogP contribution is 2.08. The van der Waals surface area contributed by atoms with Gasteiger partial charge in [0, 0.05) is 17.5 Å². The highest BCUT2D eigenvalue weighted by molar-refractivity contribution is 6.01. The Hall–Kier alpha value is -2.38. The summed E-state index contributed by atoms with van der Waals surface area (Å²) < 4.78 is 33.1. The number of esters is 1. The fraction of sp³-hybridized carbons (Fsp3) is 0.647. The van der Waals surface area contributed by atoms with Crippen molar-refractivity contribution in [2.24, 2.45) is 4.99 Å². The highest BCUT2D eigenvalue weighted by Gasteiger charge is 2.20. The molecule has 0 fully saturated rings. The van der Waals surface area contributed by atoms with Gasteiger partial charge in [-0.15, -0.1) is 4.99 Å². The predicted octanol–water partition coefficient (Wildman–Crippen LogP) is 2.00. The molecule has 140 valence electrons. The second-order valence-corrected chi connectivity index (χ2v) is 6.42. The van der Waals surface area contributed by atoms with Gasteiger partial charge in [-0.3, -0.25) is 14.9 Å². The predicted molar refractivity (Wildman–Crippen MR) is 93.0 cm³/mol. The summed E-state index contributed by atoms with van der Waals surface area (Å²) in [5, 5.41) is 2.31. The van der Waals surface area contributed by atoms with Gasteiger partial charge in [0.1, 0.15) is 12.1 Å². The van der Waals surface area contributed by atoms with Gasteiger partial charge in [0.05, 0.1) is 6.61 Å². The lowest BCUT2D eigenvalue weighted by molar-refractivity contribution is -0.143. The molecule has 1 aliphatic heterocycles. The lowest BCUT2D eigenvalue weighted by atomic mass is 10.2. The van der Waals surface area contributed by atoms with Crippen molar-refractivity contribution in [3.8, 4) is 0 Å². The van der Waals surface area contributed by atoms with Crippen LogP contribution in [0.1, 0.15) is 50.6 Å². The van der Waals surface area contributed by atoms with Gasteiger partial charge in [-0.2, -0.15) is 0 Å². The van der Waals surface area contributed by atoms with Crippen molar-refractivity contribution in [3.05, 3.63) is 12.2 Å². The Bertz CT molecular complexity index is 639. The van der Waals surface area contributed by atoms with Crippen LogP contribution in [0, 0.1) is 0 Å². The van der Waals surface area contributed by atoms with E-state index in [1.165, 1.54) is 0 Å². The summed E-state index contributed by atoms with van der Waals surface area (Å²) in [6, 6.07) is 0. The zero-order valence-corrected chi connectivity index (χ0v) is 14.8. The molecule has 1 aliphatic rings. The maximum absolute atomic E-state index is 12.2. The molecule has 0 spiro atoms. The number of aliphatic imine (C=N–C) groups is 1. The number of allylic oxidation sites excluding steroid dienone is 1. The zero-order valence-electron chi connectivity index (χ0n) is 17.8. The fourth-order valence-electron chi connectivity index (χ4n) is 1.82. The van der Waals surface area contributed by atoms with Crippen molar-refractivity contribution in [1.82, 2.24) is 10.2 Å². The maximum Gasteiger partial charge on any atom is 0.437 e. The van der Waals surface area contributed by atoms with Crippen molar-refractivity contribution >= 4 is 23.9 Å². The highest BCUT2D eigenvalue weighted by atomic mass is 16.6. The Kier molecular flexibility index (Phi) is 6.32. The second kappa shape index (κ2) is 9.80. The Labute approximate surface area is 152 Å². The normalized spacial score (nSPS) is 23.4. The largest absolute Gasteiger partial charge is 0.464 e. The molecule has 1 rings (SSSR count). The third-order valence-electron chi connectivity index (χ3n) is 2.87. The number of amides is 2. The van der Waals surface area contributed by atoms with Crippen molar-refractivity contribution in [3.63, 3.8) is 0 Å². The summed E-state index contributed by atoms with van der Waals surface area (Å²) in [5.41, 5.74) is -0.872. The fourth-order valence-corrected chi connectivity index (χ4v) is 1.82. The average Bonchev–Trinajstić information content (AvgIpc) is 2.51. The molecule has 0 aromatic carbocycles. The molecule has 0 radical (unpaired) electrons. The Morgan fingerprint density at radius 2 is 2.08 bits per heavy atom. The maximum atomic E-state index is 12.2. The number of nitrogens with one attached hydrogen (secondary N) is 1. The number of hydrogen-bond acceptors (Lipinski definition) is 5. The van der Waals surface area contributed by atoms with Gasteiger partial charge in [0.15, 0.2) is 0 Å². The minimum absolute atomic E-state index is 0.0923. The summed E-state index contributed by atoms with van der Waals surface area (Å²) in [6.45, 7) is 1.36. The van der Waals surface area contributed by atoms with Crippen LogP contribution in [0.15, 0.2) is 17.1 Å². The quantitative estimate of drug-likeness (QED) is 0.527. The second-order valence-electron chi connectivity index (χ2n) is 6.42. The van der Waals surface area contributed by atoms with Crippen molar-refractivity contribution < 1.29 is 28.0 Å². The molecule has 25 heavy (non-hydrogen) atoms. The van der Waals surface area contributed by atoms with Gasteiger partial charge in [-0.05, 0) is 40.0 Å². The van der Waals surface area contributed by atoms with E-state index < -0.39 is 43.1 Å². The summed E-state index contributed by atoms with van der Waals surface area (Å²) in [7, 11) is 0. The number of ether oxygens (including phenoxy) is 2. The number of rotatable bonds is 0. The molecule has 0 unspecified atom stereocenters. The molecule has 8 nitrogen and oxygen atoms in total. The van der Waals surface area contributed by atoms with Crippen LogP contribution >= 0.6 is 0 Å². The molecule has 0 aromatic rings. The van der Waals surface area contributed by atoms with Gasteiger partial charge < -0.3 is 14.4 Å². The Morgan fingerprint density at radius 3 is 2.76 bits per heavy atom. The van der Waals surface area contributed by atoms with Crippen LogP contribution in [-0.4, -0.2) is 54.6 Å². The van der Waals surface area contributed by atoms with E-state index >= 15 is 0 Å². The molecular weight excluding hydrogens is 326 g/mol. The minimum Gasteiger partial charge on any atom is -0.464 e. The van der Waals surface area contributed by atoms with E-state index in [2.05, 4.69) is 10.3 Å². The smallest absolute Gasteiger partial charge is 0.437 e. The van der Waals surface area contributed by atoms with E-state index in [0.717, 1.165) is 0 Å². The number of carbonyl (C=O) groups is 3. The molecule has 0 aliphatic carbocycles. The van der Waals surface area contributed by atoms with E-state index in [4.69, 9.17) is 13.6 Å². The first kappa shape index (κ1) is 16.1. The standard InChI is InChI=1S/C17H27N3O5/c1-17(2,3)25-16(23)19-15-18-13(21)10-8-6-5-7-9-11-24-14(22)12-20(15)4/h5,7H,6,8-12H2,1-4H3,(H,18,19,21,23)/b7-5+/i4D3. The topological polar surface area (TPSA) is 97.3 Å². The summed E-state index contributed by atoms with van der Waals surface area (Å²) >= 11 is 0. The van der Waals surface area contributed by atoms with E-state index in [-0.39, 0.29) is 13.0 Å². The molecule has 1 N–H and O–H groups in total. The van der Waals surface area contributed by atoms with Crippen LogP contribution in [0.25, 0.3) is 0 Å². The lowest BCUT2D eigenvalue weighted by Crippen LogP contribution is -2.45. The van der Waals surface area contributed by atoms with E-state index in [9.17, 15) is 14.4 Å². The summed E-state index contributed by atoms with van der Waals surface area (Å²) in [5.74, 6) is -1.94. The van der Waals surface area contributed by atoms with Gasteiger partial charge in [-0.1, -0.05) is 12.2 Å². The monoisotopic (exact) mass is 356 g/mol. The van der Waals surface area contributed by atoms with Crippen LogP contribution < -0.4 is 5.32 Å². The average molecular weight is 356 g/mol. The number of guanidine groups is 1. The number of hydrogen-bond donors (Lipinski definition) is 1. The van der Waals surface area contributed by atoms with Crippen molar-refractivity contribution in [1.29, 1.82) is 0 Å². The number of cyclic esters (lactones) is 1. The molecule has 0 bridgehead atoms. The Morgan fingerprint density at radius 1 is 1.36 bits per heavy atom. The number of carbonyl (C=O) groups excluding carboxylic acids is 3. The van der Waals surface area contributed by atoms with Crippen molar-refractivity contribution in [2.75, 3.05) is 20.1 Å². The third kappa shape index (κ3) is 9.49. The lowest BCUT2D eigenvalue weighted by Gasteiger charge is -2.22. The van der Waals surface area contributed by atoms with Gasteiger partial charge in [0.25, 0.3) is 0 Å². The van der Waals surface area contributed by atoms with E-state index in [1.807, 2.05) is 12.2 Å². The van der Waals surface area contributed by atoms with Crippen LogP contribution in [0.3, 0.4) is 0 Å². The molecular formula is C17H27N3O5. The minimum atomic E-state index is -2.86. The van der Waals surface area contributed by atoms with Crippen LogP contribution in [-0.2, 0) is 19.1 Å². The summed E-state index contributed by atoms with van der Waals surface area (Å²) in [4.78, 5) is 40.4. The van der Waals surface area contributed by atoms with Crippen LogP contribution in [0.5, 0.6) is 0 Å². The number of nitrogens with zero attached hydrogens (tertiary/aromatic N) is 2. The first-order valence-electron chi connectivity index (χ1n) is 9.58. The summed E-state index contributed by atoms with van der Waals surface area (Å²) in [6.07, 6.45) is 4.33. The van der Waals surface area contributed by atoms with Crippen molar-refractivity contribution in [2.45, 2.75) is 52.1 Å². The first-order chi connectivity index (χ1) is 12.9. The molecule has 0 atom stereocenters. The molecule has 0 saturated heterocycles. The molecule has 8 heteroatoms. The van der Waals surface area contributed by atoms with E-state index in [0.29, 0.717) is 24.2 Å². The zero-order chi connectivity index (χ0) is 21.4.